The molecule has 0 aliphatic heterocycles. The van der Waals surface area contributed by atoms with E-state index in [1.54, 1.807) is 7.11 Å². The zero-order valence-corrected chi connectivity index (χ0v) is 9.31. The first-order valence-corrected chi connectivity index (χ1v) is 5.35. The Labute approximate surface area is 94.7 Å². The van der Waals surface area contributed by atoms with Crippen molar-refractivity contribution in [1.82, 2.24) is 9.97 Å². The van der Waals surface area contributed by atoms with Gasteiger partial charge in [0.1, 0.15) is 0 Å². The third kappa shape index (κ3) is 2.67. The van der Waals surface area contributed by atoms with Crippen molar-refractivity contribution in [1.29, 1.82) is 0 Å². The van der Waals surface area contributed by atoms with Crippen molar-refractivity contribution in [2.45, 2.75) is 6.42 Å². The molecule has 0 saturated carbocycles. The Morgan fingerprint density at radius 3 is 3.06 bits per heavy atom. The Morgan fingerprint density at radius 2 is 2.19 bits per heavy atom. The van der Waals surface area contributed by atoms with Crippen LogP contribution in [-0.2, 0) is 4.74 Å². The van der Waals surface area contributed by atoms with Crippen LogP contribution in [0.1, 0.15) is 6.42 Å². The highest BCUT2D eigenvalue weighted by atomic mass is 16.5. The first kappa shape index (κ1) is 10.8. The van der Waals surface area contributed by atoms with Crippen LogP contribution >= 0.6 is 0 Å². The molecule has 0 amide bonds. The first-order chi connectivity index (χ1) is 7.90. The summed E-state index contributed by atoms with van der Waals surface area (Å²) >= 11 is 0. The van der Waals surface area contributed by atoms with Crippen LogP contribution in [0.15, 0.2) is 30.5 Å². The molecule has 0 atom stereocenters. The molecule has 0 bridgehead atoms. The molecule has 1 N–H and O–H groups in total. The lowest BCUT2D eigenvalue weighted by Crippen LogP contribution is -2.07. The van der Waals surface area contributed by atoms with Gasteiger partial charge >= 0.3 is 0 Å². The van der Waals surface area contributed by atoms with Crippen LogP contribution in [0.25, 0.3) is 10.9 Å². The van der Waals surface area contributed by atoms with Crippen LogP contribution in [0.2, 0.25) is 0 Å². The fourth-order valence-electron chi connectivity index (χ4n) is 1.47. The molecule has 0 radical (unpaired) electrons. The molecule has 0 unspecified atom stereocenters. The quantitative estimate of drug-likeness (QED) is 0.779. The van der Waals surface area contributed by atoms with Crippen LogP contribution < -0.4 is 5.32 Å². The van der Waals surface area contributed by atoms with Gasteiger partial charge in [-0.15, -0.1) is 0 Å². The number of aromatic nitrogens is 2. The van der Waals surface area contributed by atoms with E-state index in [9.17, 15) is 0 Å². The van der Waals surface area contributed by atoms with Gasteiger partial charge in [-0.2, -0.15) is 0 Å². The summed E-state index contributed by atoms with van der Waals surface area (Å²) < 4.78 is 4.97. The van der Waals surface area contributed by atoms with Crippen molar-refractivity contribution in [3.8, 4) is 0 Å². The van der Waals surface area contributed by atoms with Gasteiger partial charge in [0.2, 0.25) is 5.95 Å². The highest BCUT2D eigenvalue weighted by Gasteiger charge is 1.97. The lowest BCUT2D eigenvalue weighted by molar-refractivity contribution is 0.197. The minimum Gasteiger partial charge on any atom is -0.385 e. The molecule has 0 spiro atoms. The maximum absolute atomic E-state index is 4.97. The van der Waals surface area contributed by atoms with Crippen molar-refractivity contribution in [2.75, 3.05) is 25.6 Å². The standard InChI is InChI=1S/C12H15N3O/c1-16-8-4-7-13-12-14-9-10-5-2-3-6-11(10)15-12/h2-3,5-6,9H,4,7-8H2,1H3,(H,13,14,15). The van der Waals surface area contributed by atoms with Gasteiger partial charge in [0, 0.05) is 31.8 Å². The van der Waals surface area contributed by atoms with Gasteiger partial charge in [-0.25, -0.2) is 9.97 Å². The molecular formula is C12H15N3O. The molecule has 2 aromatic rings. The lowest BCUT2D eigenvalue weighted by atomic mass is 10.2. The number of rotatable bonds is 5. The summed E-state index contributed by atoms with van der Waals surface area (Å²) in [5.74, 6) is 0.676. The highest BCUT2D eigenvalue weighted by Crippen LogP contribution is 2.11. The van der Waals surface area contributed by atoms with E-state index in [1.165, 1.54) is 0 Å². The molecule has 2 rings (SSSR count). The Kier molecular flexibility index (Phi) is 3.66. The maximum atomic E-state index is 4.97. The van der Waals surface area contributed by atoms with Crippen molar-refractivity contribution >= 4 is 16.9 Å². The number of ether oxygens (including phenoxy) is 1. The second kappa shape index (κ2) is 5.42. The number of methoxy groups -OCH3 is 1. The van der Waals surface area contributed by atoms with E-state index in [4.69, 9.17) is 4.74 Å². The maximum Gasteiger partial charge on any atom is 0.223 e. The summed E-state index contributed by atoms with van der Waals surface area (Å²) in [5.41, 5.74) is 0.965. The van der Waals surface area contributed by atoms with Gasteiger partial charge in [0.15, 0.2) is 0 Å². The Morgan fingerprint density at radius 1 is 1.31 bits per heavy atom. The normalized spacial score (nSPS) is 10.6. The second-order valence-electron chi connectivity index (χ2n) is 3.53. The minimum absolute atomic E-state index is 0.676. The summed E-state index contributed by atoms with van der Waals surface area (Å²) in [6.07, 6.45) is 2.79. The molecular weight excluding hydrogens is 202 g/mol. The van der Waals surface area contributed by atoms with E-state index in [0.29, 0.717) is 5.95 Å². The van der Waals surface area contributed by atoms with Gasteiger partial charge < -0.3 is 10.1 Å². The van der Waals surface area contributed by atoms with Crippen molar-refractivity contribution in [3.63, 3.8) is 0 Å². The number of nitrogens with one attached hydrogen (secondary N) is 1. The fourth-order valence-corrected chi connectivity index (χ4v) is 1.47. The van der Waals surface area contributed by atoms with E-state index < -0.39 is 0 Å². The van der Waals surface area contributed by atoms with Gasteiger partial charge in [-0.05, 0) is 12.5 Å². The molecule has 0 aliphatic rings. The summed E-state index contributed by atoms with van der Waals surface area (Å²) in [6.45, 7) is 1.58. The number of benzene rings is 1. The van der Waals surface area contributed by atoms with E-state index in [1.807, 2.05) is 30.5 Å². The molecule has 1 heterocycles. The summed E-state index contributed by atoms with van der Waals surface area (Å²) in [6, 6.07) is 7.95. The summed E-state index contributed by atoms with van der Waals surface area (Å²) in [7, 11) is 1.70. The minimum atomic E-state index is 0.676. The van der Waals surface area contributed by atoms with Crippen LogP contribution in [0.3, 0.4) is 0 Å². The molecule has 4 heteroatoms. The number of hydrogen-bond acceptors (Lipinski definition) is 4. The van der Waals surface area contributed by atoms with E-state index in [0.717, 1.165) is 30.5 Å². The average Bonchev–Trinajstić information content (AvgIpc) is 2.34. The first-order valence-electron chi connectivity index (χ1n) is 5.35. The van der Waals surface area contributed by atoms with E-state index in [2.05, 4.69) is 15.3 Å². The Hall–Kier alpha value is -1.68. The van der Waals surface area contributed by atoms with E-state index in [-0.39, 0.29) is 0 Å². The highest BCUT2D eigenvalue weighted by molar-refractivity contribution is 5.78. The fraction of sp³-hybridized carbons (Fsp3) is 0.333. The number of anilines is 1. The topological polar surface area (TPSA) is 47.0 Å². The summed E-state index contributed by atoms with van der Waals surface area (Å²) in [4.78, 5) is 8.65. The molecule has 4 nitrogen and oxygen atoms in total. The molecule has 84 valence electrons. The smallest absolute Gasteiger partial charge is 0.223 e. The molecule has 1 aromatic carbocycles. The zero-order chi connectivity index (χ0) is 11.2. The predicted octanol–water partition coefficient (Wildman–Crippen LogP) is 2.08. The molecule has 0 saturated heterocycles. The second-order valence-corrected chi connectivity index (χ2v) is 3.53. The van der Waals surface area contributed by atoms with Crippen LogP contribution in [0.5, 0.6) is 0 Å². The van der Waals surface area contributed by atoms with Crippen LogP contribution in [0, 0.1) is 0 Å². The zero-order valence-electron chi connectivity index (χ0n) is 9.31. The Balaban J connectivity index is 2.02. The Bertz CT molecular complexity index is 459. The SMILES string of the molecule is COCCCNc1ncc2ccccc2n1. The van der Waals surface area contributed by atoms with Crippen LogP contribution in [0.4, 0.5) is 5.95 Å². The summed E-state index contributed by atoms with van der Waals surface area (Å²) in [5, 5.41) is 4.23. The van der Waals surface area contributed by atoms with Gasteiger partial charge in [-0.3, -0.25) is 0 Å². The lowest BCUT2D eigenvalue weighted by Gasteiger charge is -2.04. The third-order valence-corrected chi connectivity index (χ3v) is 2.30. The molecule has 16 heavy (non-hydrogen) atoms. The van der Waals surface area contributed by atoms with E-state index >= 15 is 0 Å². The number of para-hydroxylation sites is 1. The van der Waals surface area contributed by atoms with Crippen molar-refractivity contribution < 1.29 is 4.74 Å². The third-order valence-electron chi connectivity index (χ3n) is 2.30. The van der Waals surface area contributed by atoms with Crippen molar-refractivity contribution in [2.24, 2.45) is 0 Å². The van der Waals surface area contributed by atoms with Crippen molar-refractivity contribution in [3.05, 3.63) is 30.5 Å². The molecule has 0 aliphatic carbocycles. The van der Waals surface area contributed by atoms with Gasteiger partial charge in [-0.1, -0.05) is 18.2 Å². The van der Waals surface area contributed by atoms with Gasteiger partial charge in [0.05, 0.1) is 5.52 Å². The average molecular weight is 217 g/mol. The van der Waals surface area contributed by atoms with Gasteiger partial charge in [0.25, 0.3) is 0 Å². The van der Waals surface area contributed by atoms with Crippen LogP contribution in [-0.4, -0.2) is 30.2 Å². The molecule has 0 fully saturated rings. The largest absolute Gasteiger partial charge is 0.385 e. The number of fused-ring (bicyclic) bond motifs is 1. The number of nitrogens with zero attached hydrogens (tertiary/aromatic N) is 2. The number of hydrogen-bond donors (Lipinski definition) is 1. The monoisotopic (exact) mass is 217 g/mol. The predicted molar refractivity (Wildman–Crippen MR) is 64.5 cm³/mol. The molecule has 1 aromatic heterocycles.